The quantitative estimate of drug-likeness (QED) is 0.424. The molecule has 1 aliphatic rings. The van der Waals surface area contributed by atoms with E-state index < -0.39 is 66.5 Å². The van der Waals surface area contributed by atoms with E-state index in [4.69, 9.17) is 28.4 Å². The third kappa shape index (κ3) is 6.19. The number of methoxy groups -OCH3 is 1. The molecule has 158 valence electrons. The third-order valence-corrected chi connectivity index (χ3v) is 3.73. The molecule has 1 aliphatic carbocycles. The molecule has 0 aliphatic heterocycles. The van der Waals surface area contributed by atoms with Crippen LogP contribution in [0.2, 0.25) is 0 Å². The van der Waals surface area contributed by atoms with E-state index in [0.29, 0.717) is 0 Å². The predicted molar refractivity (Wildman–Crippen MR) is 88.6 cm³/mol. The van der Waals surface area contributed by atoms with Gasteiger partial charge in [0.25, 0.3) is 0 Å². The van der Waals surface area contributed by atoms with Gasteiger partial charge in [-0.05, 0) is 0 Å². The highest BCUT2D eigenvalue weighted by Crippen LogP contribution is 2.34. The number of carbonyl (C=O) groups is 5. The van der Waals surface area contributed by atoms with E-state index in [-0.39, 0.29) is 0 Å². The first kappa shape index (κ1) is 23.3. The maximum Gasteiger partial charge on any atom is 0.303 e. The molecule has 0 bridgehead atoms. The van der Waals surface area contributed by atoms with Gasteiger partial charge in [0.1, 0.15) is 6.10 Å². The van der Waals surface area contributed by atoms with Crippen LogP contribution in [-0.2, 0) is 52.4 Å². The summed E-state index contributed by atoms with van der Waals surface area (Å²) in [5, 5.41) is 0. The van der Waals surface area contributed by atoms with Crippen LogP contribution in [0.3, 0.4) is 0 Å². The van der Waals surface area contributed by atoms with Crippen molar-refractivity contribution in [3.05, 3.63) is 0 Å². The van der Waals surface area contributed by atoms with Crippen molar-refractivity contribution in [3.63, 3.8) is 0 Å². The van der Waals surface area contributed by atoms with Gasteiger partial charge in [0.05, 0.1) is 0 Å². The molecular formula is C17H24O11. The largest absolute Gasteiger partial charge is 0.455 e. The monoisotopic (exact) mass is 404 g/mol. The van der Waals surface area contributed by atoms with E-state index in [1.54, 1.807) is 0 Å². The molecular weight excluding hydrogens is 380 g/mol. The van der Waals surface area contributed by atoms with Gasteiger partial charge in [0.2, 0.25) is 0 Å². The van der Waals surface area contributed by atoms with Crippen molar-refractivity contribution >= 4 is 29.8 Å². The molecule has 1 fully saturated rings. The summed E-state index contributed by atoms with van der Waals surface area (Å²) in [6.07, 6.45) is -8.00. The first-order valence-electron chi connectivity index (χ1n) is 8.36. The van der Waals surface area contributed by atoms with Crippen molar-refractivity contribution in [3.8, 4) is 0 Å². The van der Waals surface area contributed by atoms with Crippen LogP contribution < -0.4 is 0 Å². The lowest BCUT2D eigenvalue weighted by Gasteiger charge is -2.46. The van der Waals surface area contributed by atoms with Crippen LogP contribution in [0, 0.1) is 0 Å². The first-order chi connectivity index (χ1) is 13.0. The molecule has 0 heterocycles. The molecule has 11 heteroatoms. The topological polar surface area (TPSA) is 141 Å². The highest BCUT2D eigenvalue weighted by molar-refractivity contribution is 5.70. The molecule has 0 saturated heterocycles. The summed E-state index contributed by atoms with van der Waals surface area (Å²) in [6.45, 7) is 5.49. The van der Waals surface area contributed by atoms with Crippen molar-refractivity contribution in [1.29, 1.82) is 0 Å². The van der Waals surface area contributed by atoms with Gasteiger partial charge < -0.3 is 28.4 Å². The van der Waals surface area contributed by atoms with Gasteiger partial charge in [-0.3, -0.25) is 24.0 Å². The lowest BCUT2D eigenvalue weighted by Crippen LogP contribution is -2.68. The number of hydrogen-bond acceptors (Lipinski definition) is 11. The van der Waals surface area contributed by atoms with E-state index >= 15 is 0 Å². The SMILES string of the molecule is CO[C@@H]1[C@@H](OC(C)=O)[C@@H](OC(C)=O)[C@H](OC(C)=O)[C@H](OC(C)=O)[C@H]1OC(C)=O. The number of esters is 5. The molecule has 0 N–H and O–H groups in total. The number of ether oxygens (including phenoxy) is 6. The Morgan fingerprint density at radius 1 is 0.429 bits per heavy atom. The summed E-state index contributed by atoms with van der Waals surface area (Å²) in [6, 6.07) is 0. The molecule has 28 heavy (non-hydrogen) atoms. The van der Waals surface area contributed by atoms with E-state index in [0.717, 1.165) is 34.6 Å². The minimum absolute atomic E-state index is 0.752. The van der Waals surface area contributed by atoms with Gasteiger partial charge in [0, 0.05) is 41.7 Å². The fourth-order valence-electron chi connectivity index (χ4n) is 3.02. The Morgan fingerprint density at radius 3 is 0.750 bits per heavy atom. The summed E-state index contributed by atoms with van der Waals surface area (Å²) < 4.78 is 31.4. The minimum Gasteiger partial charge on any atom is -0.455 e. The third-order valence-electron chi connectivity index (χ3n) is 3.73. The molecule has 0 aromatic rings. The highest BCUT2D eigenvalue weighted by Gasteiger charge is 2.59. The predicted octanol–water partition coefficient (Wildman–Crippen LogP) is -0.326. The lowest BCUT2D eigenvalue weighted by molar-refractivity contribution is -0.259. The van der Waals surface area contributed by atoms with Crippen molar-refractivity contribution in [1.82, 2.24) is 0 Å². The lowest BCUT2D eigenvalue weighted by atomic mass is 9.83. The zero-order valence-corrected chi connectivity index (χ0v) is 16.5. The maximum absolute atomic E-state index is 11.6. The molecule has 1 saturated carbocycles. The van der Waals surface area contributed by atoms with Crippen molar-refractivity contribution < 1.29 is 52.4 Å². The molecule has 0 aromatic heterocycles. The Bertz CT molecular complexity index is 585. The molecule has 11 nitrogen and oxygen atoms in total. The van der Waals surface area contributed by atoms with Gasteiger partial charge in [-0.2, -0.15) is 0 Å². The highest BCUT2D eigenvalue weighted by atomic mass is 16.7. The number of hydrogen-bond donors (Lipinski definition) is 0. The van der Waals surface area contributed by atoms with E-state index in [1.807, 2.05) is 0 Å². The molecule has 0 amide bonds. The van der Waals surface area contributed by atoms with E-state index in [9.17, 15) is 24.0 Å². The molecule has 0 radical (unpaired) electrons. The Kier molecular flexibility index (Phi) is 8.35. The summed E-state index contributed by atoms with van der Waals surface area (Å²) in [4.78, 5) is 58.1. The second-order valence-electron chi connectivity index (χ2n) is 6.07. The van der Waals surface area contributed by atoms with Crippen LogP contribution >= 0.6 is 0 Å². The molecule has 0 aromatic carbocycles. The number of rotatable bonds is 6. The van der Waals surface area contributed by atoms with Crippen LogP contribution in [0.1, 0.15) is 34.6 Å². The van der Waals surface area contributed by atoms with Crippen LogP contribution in [0.15, 0.2) is 0 Å². The smallest absolute Gasteiger partial charge is 0.303 e. The van der Waals surface area contributed by atoms with E-state index in [2.05, 4.69) is 0 Å². The Balaban J connectivity index is 3.54. The fraction of sp³-hybridized carbons (Fsp3) is 0.706. The van der Waals surface area contributed by atoms with Crippen LogP contribution in [0.25, 0.3) is 0 Å². The van der Waals surface area contributed by atoms with Crippen LogP contribution in [0.5, 0.6) is 0 Å². The maximum atomic E-state index is 11.6. The second-order valence-corrected chi connectivity index (χ2v) is 6.07. The summed E-state index contributed by atoms with van der Waals surface area (Å²) in [5.41, 5.74) is 0. The summed E-state index contributed by atoms with van der Waals surface area (Å²) >= 11 is 0. The Labute approximate surface area is 161 Å². The van der Waals surface area contributed by atoms with Gasteiger partial charge >= 0.3 is 29.8 Å². The van der Waals surface area contributed by atoms with Crippen molar-refractivity contribution in [2.45, 2.75) is 71.2 Å². The normalized spacial score (nSPS) is 29.2. The first-order valence-corrected chi connectivity index (χ1v) is 8.36. The van der Waals surface area contributed by atoms with E-state index in [1.165, 1.54) is 7.11 Å². The van der Waals surface area contributed by atoms with Gasteiger partial charge in [-0.25, -0.2) is 0 Å². The minimum atomic E-state index is -1.43. The Morgan fingerprint density at radius 2 is 0.607 bits per heavy atom. The van der Waals surface area contributed by atoms with Crippen LogP contribution in [0.4, 0.5) is 0 Å². The molecule has 6 atom stereocenters. The fourth-order valence-corrected chi connectivity index (χ4v) is 3.02. The van der Waals surface area contributed by atoms with Crippen molar-refractivity contribution in [2.24, 2.45) is 0 Å². The molecule has 1 rings (SSSR count). The zero-order valence-electron chi connectivity index (χ0n) is 16.5. The van der Waals surface area contributed by atoms with Crippen molar-refractivity contribution in [2.75, 3.05) is 7.11 Å². The molecule has 0 spiro atoms. The van der Waals surface area contributed by atoms with Gasteiger partial charge in [-0.1, -0.05) is 0 Å². The number of carbonyl (C=O) groups excluding carboxylic acids is 5. The average Bonchev–Trinajstić information content (AvgIpc) is 2.52. The summed E-state index contributed by atoms with van der Waals surface area (Å²) in [5.74, 6) is -3.85. The van der Waals surface area contributed by atoms with Crippen LogP contribution in [-0.4, -0.2) is 73.6 Å². The summed E-state index contributed by atoms with van der Waals surface area (Å²) in [7, 11) is 1.24. The Hall–Kier alpha value is -2.69. The van der Waals surface area contributed by atoms with Gasteiger partial charge in [-0.15, -0.1) is 0 Å². The zero-order chi connectivity index (χ0) is 21.6. The standard InChI is InChI=1S/C17H24O11/c1-7(18)24-13-12(23-6)14(25-8(2)19)16(27-10(4)21)17(28-11(5)22)15(13)26-9(3)20/h12-17H,1-6H3/t12-,13-,14+,15-,16-,17+/m1/s1. The average molecular weight is 404 g/mol. The van der Waals surface area contributed by atoms with Gasteiger partial charge in [0.15, 0.2) is 30.5 Å². The second kappa shape index (κ2) is 10.0. The molecule has 0 unspecified atom stereocenters.